The van der Waals surface area contributed by atoms with Crippen LogP contribution in [-0.2, 0) is 47.7 Å². The van der Waals surface area contributed by atoms with Gasteiger partial charge in [-0.2, -0.15) is 0 Å². The number of carbonyl (C=O) groups excluding carboxylic acids is 3. The van der Waals surface area contributed by atoms with Gasteiger partial charge in [0.2, 0.25) is 11.8 Å². The van der Waals surface area contributed by atoms with E-state index in [1.165, 1.54) is 32.7 Å². The number of rotatable bonds is 40. The van der Waals surface area contributed by atoms with Gasteiger partial charge < -0.3 is 55.5 Å². The van der Waals surface area contributed by atoms with Crippen molar-refractivity contribution >= 4 is 35.5 Å². The van der Waals surface area contributed by atoms with Gasteiger partial charge in [-0.05, 0) is 59.5 Å². The monoisotopic (exact) mass is 807 g/mol. The van der Waals surface area contributed by atoms with Gasteiger partial charge >= 0.3 is 17.9 Å². The molecule has 0 aliphatic rings. The van der Waals surface area contributed by atoms with E-state index in [-0.39, 0.29) is 36.9 Å². The number of aliphatic carboxylic acids is 3. The van der Waals surface area contributed by atoms with Gasteiger partial charge in [0.25, 0.3) is 0 Å². The number of Topliss-reactive ketones (excluding diaryl/α,β-unsaturated/α-hetero) is 1. The number of hydrogen-bond donors (Lipinski definition) is 7. The van der Waals surface area contributed by atoms with Crippen molar-refractivity contribution in [2.75, 3.05) is 80.0 Å². The molecule has 56 heavy (non-hydrogen) atoms. The number of carboxylic acid groups (broad SMARTS) is 3. The first-order chi connectivity index (χ1) is 26.9. The molecule has 2 amide bonds. The number of nitrogens with one attached hydrogen (secondary N) is 4. The standard InChI is InChI=1S/C26H49NO8.C13H25N3O5/c1-24(28)14-16-32-18-20-34-22-23-35-21-19-33-17-15-27-25(29)12-10-8-6-4-2-3-5-7-9-11-13-26(30)31;1-14-9(12(18)19)5-3-4-8-16-11(17)7-6-10(15-2)13(20)21/h2-23H2,1H3,(H,27,29)(H,30,31);9-10,14-15H,3-8H2,1-2H3,(H,16,17)(H,18,19)(H,20,21)/t;9-,10-/m.0/s1. The van der Waals surface area contributed by atoms with E-state index >= 15 is 0 Å². The Kier molecular flexibility index (Phi) is 40.6. The van der Waals surface area contributed by atoms with Crippen LogP contribution in [0.4, 0.5) is 0 Å². The van der Waals surface area contributed by atoms with E-state index in [1.807, 2.05) is 0 Å². The number of ether oxygens (including phenoxy) is 4. The summed E-state index contributed by atoms with van der Waals surface area (Å²) in [6, 6.07) is -1.28. The second kappa shape index (κ2) is 41.4. The van der Waals surface area contributed by atoms with Crippen LogP contribution in [-0.4, -0.2) is 143 Å². The summed E-state index contributed by atoms with van der Waals surface area (Å²) in [6.45, 7) is 6.33. The van der Waals surface area contributed by atoms with Crippen molar-refractivity contribution in [2.45, 2.75) is 135 Å². The van der Waals surface area contributed by atoms with Gasteiger partial charge in [0.15, 0.2) is 0 Å². The Morgan fingerprint density at radius 3 is 1.32 bits per heavy atom. The third-order valence-corrected chi connectivity index (χ3v) is 8.52. The molecule has 7 N–H and O–H groups in total. The highest BCUT2D eigenvalue weighted by Crippen LogP contribution is 2.12. The van der Waals surface area contributed by atoms with Crippen LogP contribution in [0.2, 0.25) is 0 Å². The molecule has 0 fully saturated rings. The fourth-order valence-electron chi connectivity index (χ4n) is 5.15. The lowest BCUT2D eigenvalue weighted by molar-refractivity contribution is -0.140. The summed E-state index contributed by atoms with van der Waals surface area (Å²) in [4.78, 5) is 66.0. The van der Waals surface area contributed by atoms with E-state index < -0.39 is 30.0 Å². The van der Waals surface area contributed by atoms with Gasteiger partial charge in [-0.3, -0.25) is 28.8 Å². The second-order valence-corrected chi connectivity index (χ2v) is 13.4. The normalized spacial score (nSPS) is 11.9. The molecule has 0 radical (unpaired) electrons. The maximum atomic E-state index is 11.8. The van der Waals surface area contributed by atoms with Gasteiger partial charge in [-0.25, -0.2) is 0 Å². The summed E-state index contributed by atoms with van der Waals surface area (Å²) in [5.41, 5.74) is 0. The summed E-state index contributed by atoms with van der Waals surface area (Å²) in [5.74, 6) is -2.55. The van der Waals surface area contributed by atoms with Gasteiger partial charge in [0, 0.05) is 38.8 Å². The third-order valence-electron chi connectivity index (χ3n) is 8.52. The minimum absolute atomic E-state index is 0.0774. The first-order valence-electron chi connectivity index (χ1n) is 20.3. The van der Waals surface area contributed by atoms with Gasteiger partial charge in [0.1, 0.15) is 17.9 Å². The predicted octanol–water partition coefficient (Wildman–Crippen LogP) is 3.31. The molecule has 0 spiro atoms. The highest BCUT2D eigenvalue weighted by molar-refractivity contribution is 5.78. The van der Waals surface area contributed by atoms with E-state index in [1.54, 1.807) is 14.0 Å². The fourth-order valence-corrected chi connectivity index (χ4v) is 5.15. The lowest BCUT2D eigenvalue weighted by atomic mass is 10.1. The predicted molar refractivity (Wildman–Crippen MR) is 212 cm³/mol. The van der Waals surface area contributed by atoms with Crippen LogP contribution in [0.1, 0.15) is 122 Å². The van der Waals surface area contributed by atoms with Crippen molar-refractivity contribution < 1.29 is 63.0 Å². The number of hydrogen-bond acceptors (Lipinski definition) is 12. The first-order valence-corrected chi connectivity index (χ1v) is 20.3. The van der Waals surface area contributed by atoms with Crippen LogP contribution in [0.25, 0.3) is 0 Å². The molecule has 328 valence electrons. The van der Waals surface area contributed by atoms with Gasteiger partial charge in [-0.1, -0.05) is 51.4 Å². The molecule has 0 unspecified atom stereocenters. The zero-order valence-electron chi connectivity index (χ0n) is 34.4. The molecule has 0 heterocycles. The molecule has 0 rings (SSSR count). The molecule has 0 aromatic carbocycles. The van der Waals surface area contributed by atoms with E-state index in [9.17, 15) is 28.8 Å². The van der Waals surface area contributed by atoms with E-state index in [4.69, 9.17) is 34.3 Å². The average Bonchev–Trinajstić information content (AvgIpc) is 3.15. The van der Waals surface area contributed by atoms with Crippen LogP contribution in [0.15, 0.2) is 0 Å². The fraction of sp³-hybridized carbons (Fsp3) is 0.846. The maximum Gasteiger partial charge on any atom is 0.320 e. The van der Waals surface area contributed by atoms with E-state index in [0.717, 1.165) is 38.5 Å². The molecule has 0 saturated carbocycles. The number of amides is 2. The highest BCUT2D eigenvalue weighted by Gasteiger charge is 2.16. The van der Waals surface area contributed by atoms with Gasteiger partial charge in [0.05, 0.1) is 52.9 Å². The zero-order chi connectivity index (χ0) is 42.1. The number of carbonyl (C=O) groups is 6. The molecule has 0 saturated heterocycles. The molecule has 0 aliphatic heterocycles. The number of likely N-dealkylation sites (N-methyl/N-ethyl adjacent to an activating group) is 2. The molecular weight excluding hydrogens is 732 g/mol. The van der Waals surface area contributed by atoms with E-state index in [0.29, 0.717) is 98.0 Å². The van der Waals surface area contributed by atoms with Crippen molar-refractivity contribution in [2.24, 2.45) is 0 Å². The lowest BCUT2D eigenvalue weighted by Gasteiger charge is -2.12. The third kappa shape index (κ3) is 41.9. The van der Waals surface area contributed by atoms with Crippen molar-refractivity contribution in [1.29, 1.82) is 0 Å². The highest BCUT2D eigenvalue weighted by atomic mass is 16.6. The Bertz CT molecular complexity index is 1020. The summed E-state index contributed by atoms with van der Waals surface area (Å²) >= 11 is 0. The van der Waals surface area contributed by atoms with Crippen molar-refractivity contribution in [3.63, 3.8) is 0 Å². The van der Waals surface area contributed by atoms with Crippen molar-refractivity contribution in [3.8, 4) is 0 Å². The smallest absolute Gasteiger partial charge is 0.320 e. The van der Waals surface area contributed by atoms with Crippen LogP contribution >= 0.6 is 0 Å². The lowest BCUT2D eigenvalue weighted by Crippen LogP contribution is -2.35. The Morgan fingerprint density at radius 2 is 0.857 bits per heavy atom. The topological polar surface area (TPSA) is 248 Å². The number of carboxylic acids is 3. The summed E-state index contributed by atoms with van der Waals surface area (Å²) in [7, 11) is 3.14. The molecular formula is C39H74N4O13. The van der Waals surface area contributed by atoms with Crippen molar-refractivity contribution in [3.05, 3.63) is 0 Å². The Hall–Kier alpha value is -3.22. The van der Waals surface area contributed by atoms with Crippen LogP contribution in [0.5, 0.6) is 0 Å². The zero-order valence-corrected chi connectivity index (χ0v) is 34.4. The Labute approximate surface area is 334 Å². The number of ketones is 1. The van der Waals surface area contributed by atoms with Crippen LogP contribution in [0.3, 0.4) is 0 Å². The Morgan fingerprint density at radius 1 is 0.446 bits per heavy atom. The molecule has 2 atom stereocenters. The van der Waals surface area contributed by atoms with E-state index in [2.05, 4.69) is 21.3 Å². The number of unbranched alkanes of at least 4 members (excludes halogenated alkanes) is 10. The first kappa shape index (κ1) is 54.9. The second-order valence-electron chi connectivity index (χ2n) is 13.4. The summed E-state index contributed by atoms with van der Waals surface area (Å²) in [5, 5.41) is 37.1. The van der Waals surface area contributed by atoms with Crippen LogP contribution in [0, 0.1) is 0 Å². The summed E-state index contributed by atoms with van der Waals surface area (Å²) in [6.07, 6.45) is 14.5. The molecule has 0 aliphatic carbocycles. The van der Waals surface area contributed by atoms with Crippen molar-refractivity contribution in [1.82, 2.24) is 21.3 Å². The summed E-state index contributed by atoms with van der Waals surface area (Å²) < 4.78 is 21.5. The molecule has 17 nitrogen and oxygen atoms in total. The molecule has 0 aromatic rings. The quantitative estimate of drug-likeness (QED) is 0.0439. The molecule has 0 aromatic heterocycles. The molecule has 0 bridgehead atoms. The average molecular weight is 807 g/mol. The van der Waals surface area contributed by atoms with Crippen LogP contribution < -0.4 is 21.3 Å². The largest absolute Gasteiger partial charge is 0.481 e. The molecule has 17 heteroatoms. The SMILES string of the molecule is CC(=O)CCOCCOCCOCCOCCNC(=O)CCCCCCCCCCCCC(=O)O.CN[C@@H](CCCCNC(=O)CC[C@H](NC)C(=O)O)C(=O)O. The minimum Gasteiger partial charge on any atom is -0.481 e. The Balaban J connectivity index is 0. The van der Waals surface area contributed by atoms with Gasteiger partial charge in [-0.15, -0.1) is 0 Å². The maximum absolute atomic E-state index is 11.8. The minimum atomic E-state index is -0.975.